The van der Waals surface area contributed by atoms with Gasteiger partial charge in [0.25, 0.3) is 0 Å². The van der Waals surface area contributed by atoms with Crippen LogP contribution in [0.3, 0.4) is 0 Å². The van der Waals surface area contributed by atoms with E-state index < -0.39 is 0 Å². The Kier molecular flexibility index (Phi) is 6.86. The maximum Gasteiger partial charge on any atom is 0.193 e. The second-order valence-electron chi connectivity index (χ2n) is 6.16. The molecule has 2 N–H and O–H groups in total. The third-order valence-electron chi connectivity index (χ3n) is 4.13. The first kappa shape index (κ1) is 19.7. The lowest BCUT2D eigenvalue weighted by Crippen LogP contribution is -2.40. The van der Waals surface area contributed by atoms with Crippen molar-refractivity contribution in [1.82, 2.24) is 25.4 Å². The first-order valence-electron chi connectivity index (χ1n) is 8.90. The van der Waals surface area contributed by atoms with Crippen molar-refractivity contribution in [3.63, 3.8) is 0 Å². The van der Waals surface area contributed by atoms with Crippen molar-refractivity contribution >= 4 is 17.6 Å². The highest BCUT2D eigenvalue weighted by atomic mass is 35.5. The molecule has 0 saturated carbocycles. The molecule has 0 fully saturated rings. The summed E-state index contributed by atoms with van der Waals surface area (Å²) in [6, 6.07) is 15.5. The number of aromatic amines is 1. The molecule has 1 aromatic heterocycles. The zero-order valence-electron chi connectivity index (χ0n) is 15.9. The molecule has 0 radical (unpaired) electrons. The molecule has 2 aromatic carbocycles. The summed E-state index contributed by atoms with van der Waals surface area (Å²) in [5, 5.41) is 10.8. The molecule has 146 valence electrons. The molecule has 0 aliphatic rings. The van der Waals surface area contributed by atoms with E-state index >= 15 is 0 Å². The van der Waals surface area contributed by atoms with Crippen LogP contribution in [0, 0.1) is 0 Å². The second-order valence-corrected chi connectivity index (χ2v) is 6.60. The van der Waals surface area contributed by atoms with Crippen LogP contribution in [-0.2, 0) is 6.54 Å². The van der Waals surface area contributed by atoms with Crippen LogP contribution in [0.2, 0.25) is 5.02 Å². The highest BCUT2D eigenvalue weighted by Gasteiger charge is 2.07. The lowest BCUT2D eigenvalue weighted by molar-refractivity contribution is 0.281. The average molecular weight is 399 g/mol. The van der Waals surface area contributed by atoms with Gasteiger partial charge in [0.15, 0.2) is 11.8 Å². The van der Waals surface area contributed by atoms with E-state index in [0.29, 0.717) is 24.7 Å². The highest BCUT2D eigenvalue weighted by molar-refractivity contribution is 6.30. The predicted molar refractivity (Wildman–Crippen MR) is 112 cm³/mol. The van der Waals surface area contributed by atoms with Crippen LogP contribution >= 0.6 is 11.6 Å². The van der Waals surface area contributed by atoms with E-state index in [1.807, 2.05) is 42.3 Å². The van der Waals surface area contributed by atoms with Crippen molar-refractivity contribution in [2.24, 2.45) is 4.99 Å². The summed E-state index contributed by atoms with van der Waals surface area (Å²) in [5.74, 6) is 2.30. The van der Waals surface area contributed by atoms with Gasteiger partial charge in [0.1, 0.15) is 18.7 Å². The lowest BCUT2D eigenvalue weighted by atomic mass is 10.1. The molecule has 0 spiro atoms. The van der Waals surface area contributed by atoms with Crippen molar-refractivity contribution in [3.8, 4) is 17.1 Å². The fourth-order valence-electron chi connectivity index (χ4n) is 2.70. The average Bonchev–Trinajstić information content (AvgIpc) is 3.24. The SMILES string of the molecule is CN=C(NCc1cccc(-c2ncn[nH]2)c1)N(C)CCOc1cccc(Cl)c1. The fraction of sp³-hybridized carbons (Fsp3) is 0.250. The number of nitrogens with zero attached hydrogens (tertiary/aromatic N) is 4. The summed E-state index contributed by atoms with van der Waals surface area (Å²) in [5.41, 5.74) is 2.12. The van der Waals surface area contributed by atoms with Crippen molar-refractivity contribution in [2.45, 2.75) is 6.54 Å². The van der Waals surface area contributed by atoms with E-state index in [1.165, 1.54) is 6.33 Å². The Bertz CT molecular complexity index is 913. The minimum absolute atomic E-state index is 0.526. The molecule has 8 heteroatoms. The lowest BCUT2D eigenvalue weighted by Gasteiger charge is -2.22. The molecule has 0 aliphatic carbocycles. The monoisotopic (exact) mass is 398 g/mol. The zero-order valence-corrected chi connectivity index (χ0v) is 16.6. The Morgan fingerprint density at radius 1 is 1.25 bits per heavy atom. The Hall–Kier alpha value is -3.06. The largest absolute Gasteiger partial charge is 0.492 e. The molecule has 0 bridgehead atoms. The summed E-state index contributed by atoms with van der Waals surface area (Å²) in [4.78, 5) is 10.6. The van der Waals surface area contributed by atoms with Gasteiger partial charge in [0.05, 0.1) is 6.54 Å². The molecular weight excluding hydrogens is 376 g/mol. The number of nitrogens with one attached hydrogen (secondary N) is 2. The number of likely N-dealkylation sites (N-methyl/N-ethyl adjacent to an activating group) is 1. The Morgan fingerprint density at radius 2 is 2.11 bits per heavy atom. The third-order valence-corrected chi connectivity index (χ3v) is 4.37. The fourth-order valence-corrected chi connectivity index (χ4v) is 2.88. The number of H-pyrrole nitrogens is 1. The standard InChI is InChI=1S/C20H23ClN6O/c1-22-20(27(2)9-10-28-18-8-4-7-17(21)12-18)23-13-15-5-3-6-16(11-15)19-24-14-25-26-19/h3-8,11-12,14H,9-10,13H2,1-2H3,(H,22,23)(H,24,25,26). The number of ether oxygens (including phenoxy) is 1. The molecular formula is C20H23ClN6O. The maximum absolute atomic E-state index is 5.97. The van der Waals surface area contributed by atoms with Gasteiger partial charge in [-0.15, -0.1) is 0 Å². The minimum Gasteiger partial charge on any atom is -0.492 e. The molecule has 0 unspecified atom stereocenters. The van der Waals surface area contributed by atoms with Gasteiger partial charge in [-0.3, -0.25) is 10.1 Å². The molecule has 3 rings (SSSR count). The molecule has 0 saturated heterocycles. The normalized spacial score (nSPS) is 11.3. The molecule has 7 nitrogen and oxygen atoms in total. The van der Waals surface area contributed by atoms with E-state index in [4.69, 9.17) is 16.3 Å². The summed E-state index contributed by atoms with van der Waals surface area (Å²) in [6.45, 7) is 1.86. The van der Waals surface area contributed by atoms with Gasteiger partial charge in [-0.1, -0.05) is 35.9 Å². The van der Waals surface area contributed by atoms with Crippen LogP contribution in [0.4, 0.5) is 0 Å². The summed E-state index contributed by atoms with van der Waals surface area (Å²) < 4.78 is 5.75. The Labute approximate surface area is 169 Å². The molecule has 3 aromatic rings. The molecule has 1 heterocycles. The van der Waals surface area contributed by atoms with Crippen LogP contribution in [0.25, 0.3) is 11.4 Å². The minimum atomic E-state index is 0.526. The third kappa shape index (κ3) is 5.47. The quantitative estimate of drug-likeness (QED) is 0.472. The Balaban J connectivity index is 1.50. The number of hydrogen-bond donors (Lipinski definition) is 2. The molecule has 28 heavy (non-hydrogen) atoms. The molecule has 0 atom stereocenters. The number of aromatic nitrogens is 3. The van der Waals surface area contributed by atoms with Gasteiger partial charge in [0.2, 0.25) is 0 Å². The molecule has 0 amide bonds. The first-order valence-corrected chi connectivity index (χ1v) is 9.28. The van der Waals surface area contributed by atoms with E-state index in [-0.39, 0.29) is 0 Å². The number of halogens is 1. The van der Waals surface area contributed by atoms with Crippen molar-refractivity contribution in [2.75, 3.05) is 27.2 Å². The van der Waals surface area contributed by atoms with E-state index in [0.717, 1.165) is 28.7 Å². The zero-order chi connectivity index (χ0) is 19.8. The van der Waals surface area contributed by atoms with Gasteiger partial charge in [-0.2, -0.15) is 5.10 Å². The van der Waals surface area contributed by atoms with E-state index in [2.05, 4.69) is 37.6 Å². The highest BCUT2D eigenvalue weighted by Crippen LogP contribution is 2.17. The summed E-state index contributed by atoms with van der Waals surface area (Å²) in [7, 11) is 3.74. The smallest absolute Gasteiger partial charge is 0.193 e. The number of guanidine groups is 1. The van der Waals surface area contributed by atoms with Crippen molar-refractivity contribution < 1.29 is 4.74 Å². The van der Waals surface area contributed by atoms with Gasteiger partial charge < -0.3 is 15.0 Å². The van der Waals surface area contributed by atoms with Gasteiger partial charge in [0, 0.05) is 31.2 Å². The molecule has 0 aliphatic heterocycles. The van der Waals surface area contributed by atoms with Crippen LogP contribution in [-0.4, -0.2) is 53.3 Å². The van der Waals surface area contributed by atoms with Gasteiger partial charge in [-0.25, -0.2) is 4.98 Å². The topological polar surface area (TPSA) is 78.4 Å². The van der Waals surface area contributed by atoms with Crippen LogP contribution in [0.1, 0.15) is 5.56 Å². The van der Waals surface area contributed by atoms with Crippen LogP contribution < -0.4 is 10.1 Å². The van der Waals surface area contributed by atoms with Crippen LogP contribution in [0.5, 0.6) is 5.75 Å². The number of rotatable bonds is 7. The van der Waals surface area contributed by atoms with E-state index in [9.17, 15) is 0 Å². The first-order chi connectivity index (χ1) is 13.7. The van der Waals surface area contributed by atoms with Crippen molar-refractivity contribution in [1.29, 1.82) is 0 Å². The van der Waals surface area contributed by atoms with Crippen molar-refractivity contribution in [3.05, 3.63) is 65.4 Å². The van der Waals surface area contributed by atoms with Gasteiger partial charge in [-0.05, 0) is 29.8 Å². The summed E-state index contributed by atoms with van der Waals surface area (Å²) >= 11 is 5.97. The van der Waals surface area contributed by atoms with Crippen LogP contribution in [0.15, 0.2) is 59.9 Å². The Morgan fingerprint density at radius 3 is 2.86 bits per heavy atom. The maximum atomic E-state index is 5.97. The van der Waals surface area contributed by atoms with E-state index in [1.54, 1.807) is 13.1 Å². The summed E-state index contributed by atoms with van der Waals surface area (Å²) in [6.07, 6.45) is 1.50. The number of aliphatic imine (C=N–C) groups is 1. The second kappa shape index (κ2) is 9.75. The number of hydrogen-bond acceptors (Lipinski definition) is 4. The number of benzene rings is 2. The predicted octanol–water partition coefficient (Wildman–Crippen LogP) is 3.21. The van der Waals surface area contributed by atoms with Gasteiger partial charge >= 0.3 is 0 Å².